The van der Waals surface area contributed by atoms with Crippen molar-refractivity contribution in [2.75, 3.05) is 6.54 Å². The molecular weight excluding hydrogens is 348 g/mol. The first-order chi connectivity index (χ1) is 12.6. The van der Waals surface area contributed by atoms with E-state index in [1.165, 1.54) is 22.2 Å². The minimum Gasteiger partial charge on any atom is -0.334 e. The topological polar surface area (TPSA) is 68.1 Å². The lowest BCUT2D eigenvalue weighted by Gasteiger charge is -2.25. The fourth-order valence-electron chi connectivity index (χ4n) is 3.62. The maximum Gasteiger partial charge on any atom is 0.262 e. The number of hydrogen-bond donors (Lipinski definition) is 0. The Labute approximate surface area is 155 Å². The summed E-state index contributed by atoms with van der Waals surface area (Å²) < 4.78 is 1.44. The second kappa shape index (κ2) is 6.64. The van der Waals surface area contributed by atoms with E-state index in [4.69, 9.17) is 0 Å². The van der Waals surface area contributed by atoms with Gasteiger partial charge in [-0.25, -0.2) is 4.98 Å². The zero-order chi connectivity index (χ0) is 18.3. The third-order valence-electron chi connectivity index (χ3n) is 5.13. The minimum atomic E-state index is -0.134. The molecule has 0 radical (unpaired) electrons. The van der Waals surface area contributed by atoms with Crippen LogP contribution < -0.4 is 5.56 Å². The molecule has 1 amide bonds. The molecule has 0 N–H and O–H groups in total. The lowest BCUT2D eigenvalue weighted by atomic mass is 10.1. The first-order valence-electron chi connectivity index (χ1n) is 8.71. The van der Waals surface area contributed by atoms with Crippen molar-refractivity contribution in [3.8, 4) is 0 Å². The summed E-state index contributed by atoms with van der Waals surface area (Å²) in [5.41, 5.74) is 1.92. The predicted octanol–water partition coefficient (Wildman–Crippen LogP) is 2.83. The number of aromatic nitrogens is 3. The monoisotopic (exact) mass is 368 g/mol. The quantitative estimate of drug-likeness (QED) is 0.713. The first-order valence-corrected chi connectivity index (χ1v) is 9.52. The summed E-state index contributed by atoms with van der Waals surface area (Å²) in [4.78, 5) is 37.9. The van der Waals surface area contributed by atoms with E-state index < -0.39 is 0 Å². The van der Waals surface area contributed by atoms with E-state index in [0.717, 1.165) is 33.7 Å². The Morgan fingerprint density at radius 1 is 1.31 bits per heavy atom. The van der Waals surface area contributed by atoms with Gasteiger partial charge in [-0.15, -0.1) is 11.3 Å². The number of nitrogens with zero attached hydrogens (tertiary/aromatic N) is 4. The van der Waals surface area contributed by atoms with Crippen LogP contribution in [0.1, 0.15) is 34.9 Å². The molecular formula is C19H20N4O2S. The van der Waals surface area contributed by atoms with Crippen LogP contribution in [0.3, 0.4) is 0 Å². The van der Waals surface area contributed by atoms with Crippen LogP contribution in [0, 0.1) is 13.8 Å². The van der Waals surface area contributed by atoms with E-state index in [2.05, 4.69) is 9.97 Å². The molecule has 26 heavy (non-hydrogen) atoms. The van der Waals surface area contributed by atoms with Gasteiger partial charge < -0.3 is 4.90 Å². The summed E-state index contributed by atoms with van der Waals surface area (Å²) in [6, 6.07) is 3.96. The number of pyridine rings is 1. The second-order valence-corrected chi connectivity index (χ2v) is 7.87. The van der Waals surface area contributed by atoms with Crippen molar-refractivity contribution in [1.82, 2.24) is 19.4 Å². The van der Waals surface area contributed by atoms with Crippen molar-refractivity contribution >= 4 is 27.5 Å². The second-order valence-electron chi connectivity index (χ2n) is 6.67. The molecule has 0 aliphatic carbocycles. The molecule has 4 heterocycles. The van der Waals surface area contributed by atoms with Crippen LogP contribution in [0.2, 0.25) is 0 Å². The number of thiophene rings is 1. The van der Waals surface area contributed by atoms with Crippen LogP contribution in [0.5, 0.6) is 0 Å². The Morgan fingerprint density at radius 2 is 2.08 bits per heavy atom. The Hall–Kier alpha value is -2.54. The smallest absolute Gasteiger partial charge is 0.262 e. The van der Waals surface area contributed by atoms with Crippen molar-refractivity contribution < 1.29 is 4.79 Å². The molecule has 1 saturated heterocycles. The highest BCUT2D eigenvalue weighted by Gasteiger charge is 2.30. The van der Waals surface area contributed by atoms with E-state index in [0.29, 0.717) is 11.9 Å². The summed E-state index contributed by atoms with van der Waals surface area (Å²) in [6.45, 7) is 4.66. The summed E-state index contributed by atoms with van der Waals surface area (Å²) in [5.74, 6) is -0.0443. The SMILES string of the molecule is Cc1sc2ncn(CC(=O)N3CCC[C@H]3c3ccncc3)c(=O)c2c1C. The van der Waals surface area contributed by atoms with Crippen LogP contribution in [-0.4, -0.2) is 31.9 Å². The number of hydrogen-bond acceptors (Lipinski definition) is 5. The molecule has 0 aromatic carbocycles. The molecule has 0 saturated carbocycles. The Balaban J connectivity index is 1.62. The molecule has 3 aromatic rings. The molecule has 1 atom stereocenters. The van der Waals surface area contributed by atoms with E-state index in [1.54, 1.807) is 12.4 Å². The molecule has 1 aliphatic rings. The van der Waals surface area contributed by atoms with Gasteiger partial charge in [-0.2, -0.15) is 0 Å². The van der Waals surface area contributed by atoms with Crippen molar-refractivity contribution in [1.29, 1.82) is 0 Å². The van der Waals surface area contributed by atoms with Gasteiger partial charge in [0.2, 0.25) is 5.91 Å². The molecule has 0 bridgehead atoms. The van der Waals surface area contributed by atoms with Crippen LogP contribution in [0.25, 0.3) is 10.2 Å². The third kappa shape index (κ3) is 2.82. The lowest BCUT2D eigenvalue weighted by Crippen LogP contribution is -2.36. The van der Waals surface area contributed by atoms with Crippen molar-refractivity contribution in [2.45, 2.75) is 39.3 Å². The molecule has 1 aliphatic heterocycles. The highest BCUT2D eigenvalue weighted by atomic mass is 32.1. The number of carbonyl (C=O) groups excluding carboxylic acids is 1. The average molecular weight is 368 g/mol. The van der Waals surface area contributed by atoms with E-state index in [1.807, 2.05) is 30.9 Å². The summed E-state index contributed by atoms with van der Waals surface area (Å²) in [7, 11) is 0. The van der Waals surface area contributed by atoms with Gasteiger partial charge >= 0.3 is 0 Å². The Kier molecular flexibility index (Phi) is 4.32. The van der Waals surface area contributed by atoms with Gasteiger partial charge in [0.05, 0.1) is 17.8 Å². The number of aryl methyl sites for hydroxylation is 2. The largest absolute Gasteiger partial charge is 0.334 e. The Morgan fingerprint density at radius 3 is 2.85 bits per heavy atom. The van der Waals surface area contributed by atoms with E-state index in [9.17, 15) is 9.59 Å². The molecule has 0 spiro atoms. The van der Waals surface area contributed by atoms with Gasteiger partial charge in [0.1, 0.15) is 11.4 Å². The molecule has 1 fully saturated rings. The fourth-order valence-corrected chi connectivity index (χ4v) is 4.60. The molecule has 7 heteroatoms. The van der Waals surface area contributed by atoms with Gasteiger partial charge in [-0.3, -0.25) is 19.1 Å². The number of fused-ring (bicyclic) bond motifs is 1. The fraction of sp³-hybridized carbons (Fsp3) is 0.368. The van der Waals surface area contributed by atoms with Crippen LogP contribution in [-0.2, 0) is 11.3 Å². The lowest BCUT2D eigenvalue weighted by molar-refractivity contribution is -0.132. The molecule has 134 valence electrons. The average Bonchev–Trinajstić information content (AvgIpc) is 3.24. The van der Waals surface area contributed by atoms with Crippen LogP contribution in [0.4, 0.5) is 0 Å². The van der Waals surface area contributed by atoms with Gasteiger partial charge in [0.25, 0.3) is 5.56 Å². The first kappa shape index (κ1) is 16.9. The van der Waals surface area contributed by atoms with Crippen LogP contribution >= 0.6 is 11.3 Å². The van der Waals surface area contributed by atoms with Crippen LogP contribution in [0.15, 0.2) is 35.6 Å². The van der Waals surface area contributed by atoms with Crippen molar-refractivity contribution in [2.24, 2.45) is 0 Å². The maximum absolute atomic E-state index is 12.9. The highest BCUT2D eigenvalue weighted by Crippen LogP contribution is 2.31. The zero-order valence-corrected chi connectivity index (χ0v) is 15.6. The number of amides is 1. The number of likely N-dealkylation sites (tertiary alicyclic amines) is 1. The summed E-state index contributed by atoms with van der Waals surface area (Å²) in [6.07, 6.45) is 6.90. The predicted molar refractivity (Wildman–Crippen MR) is 101 cm³/mol. The molecule has 6 nitrogen and oxygen atoms in total. The van der Waals surface area contributed by atoms with Gasteiger partial charge in [0, 0.05) is 23.8 Å². The third-order valence-corrected chi connectivity index (χ3v) is 6.24. The van der Waals surface area contributed by atoms with Crippen molar-refractivity contribution in [3.63, 3.8) is 0 Å². The Bertz CT molecular complexity index is 1030. The van der Waals surface area contributed by atoms with E-state index >= 15 is 0 Å². The normalized spacial score (nSPS) is 17.2. The van der Waals surface area contributed by atoms with Crippen molar-refractivity contribution in [3.05, 3.63) is 57.2 Å². The van der Waals surface area contributed by atoms with E-state index in [-0.39, 0.29) is 24.1 Å². The van der Waals surface area contributed by atoms with Gasteiger partial charge in [-0.05, 0) is 49.9 Å². The summed E-state index contributed by atoms with van der Waals surface area (Å²) in [5, 5.41) is 0.634. The molecule has 3 aromatic heterocycles. The maximum atomic E-state index is 12.9. The standard InChI is InChI=1S/C19H20N4O2S/c1-12-13(2)26-18-17(12)19(25)22(11-21-18)10-16(24)23-9-3-4-15(23)14-5-7-20-8-6-14/h5-8,11,15H,3-4,9-10H2,1-2H3/t15-/m0/s1. The zero-order valence-electron chi connectivity index (χ0n) is 14.8. The minimum absolute atomic E-state index is 0.0255. The highest BCUT2D eigenvalue weighted by molar-refractivity contribution is 7.18. The van der Waals surface area contributed by atoms with Gasteiger partial charge in [-0.1, -0.05) is 0 Å². The molecule has 0 unspecified atom stereocenters. The molecule has 4 rings (SSSR count). The summed E-state index contributed by atoms with van der Waals surface area (Å²) >= 11 is 1.52. The number of carbonyl (C=O) groups is 1. The van der Waals surface area contributed by atoms with Gasteiger partial charge in [0.15, 0.2) is 0 Å². The number of rotatable bonds is 3.